The van der Waals surface area contributed by atoms with Crippen molar-refractivity contribution in [2.75, 3.05) is 7.11 Å². The van der Waals surface area contributed by atoms with E-state index in [4.69, 9.17) is 9.47 Å². The highest BCUT2D eigenvalue weighted by Gasteiger charge is 2.12. The van der Waals surface area contributed by atoms with Crippen LogP contribution in [-0.4, -0.2) is 16.9 Å². The zero-order valence-electron chi connectivity index (χ0n) is 12.3. The summed E-state index contributed by atoms with van der Waals surface area (Å²) in [6.45, 7) is 4.59. The maximum Gasteiger partial charge on any atom is 0.175 e. The van der Waals surface area contributed by atoms with Crippen LogP contribution < -0.4 is 9.47 Å². The van der Waals surface area contributed by atoms with Gasteiger partial charge >= 0.3 is 0 Å². The van der Waals surface area contributed by atoms with E-state index >= 15 is 0 Å². The fraction of sp³-hybridized carbons (Fsp3) is 0.400. The smallest absolute Gasteiger partial charge is 0.175 e. The van der Waals surface area contributed by atoms with Crippen LogP contribution in [0.3, 0.4) is 0 Å². The van der Waals surface area contributed by atoms with Crippen molar-refractivity contribution in [3.8, 4) is 11.5 Å². The second kappa shape index (κ2) is 7.31. The normalized spacial score (nSPS) is 11.0. The molecule has 0 amide bonds. The van der Waals surface area contributed by atoms with E-state index in [0.29, 0.717) is 24.1 Å². The number of hydrogen-bond acceptors (Lipinski definition) is 3. The summed E-state index contributed by atoms with van der Waals surface area (Å²) in [5.74, 6) is 1.41. The molecule has 114 valence electrons. The van der Waals surface area contributed by atoms with Gasteiger partial charge in [-0.3, -0.25) is 4.68 Å². The predicted molar refractivity (Wildman–Crippen MR) is 90.3 cm³/mol. The fourth-order valence-corrected chi connectivity index (χ4v) is 2.81. The second-order valence-corrected chi connectivity index (χ2v) is 6.33. The Bertz CT molecular complexity index is 612. The third-order valence-corrected chi connectivity index (χ3v) is 4.24. The lowest BCUT2D eigenvalue weighted by molar-refractivity contribution is 0.277. The minimum atomic E-state index is 0.346. The molecule has 0 unspecified atom stereocenters. The topological polar surface area (TPSA) is 36.3 Å². The second-order valence-electron chi connectivity index (χ2n) is 4.91. The standard InChI is InChI=1S/C15H18Br2N2O2/c1-10(2)19-5-4-12(18-19)9-21-15-13(17)6-11(8-16)7-14(15)20-3/h4-7,10H,8-9H2,1-3H3. The number of halogens is 2. The molecule has 0 N–H and O–H groups in total. The Labute approximate surface area is 141 Å². The van der Waals surface area contributed by atoms with Gasteiger partial charge in [0.25, 0.3) is 0 Å². The Morgan fingerprint density at radius 3 is 2.67 bits per heavy atom. The van der Waals surface area contributed by atoms with Gasteiger partial charge in [0.05, 0.1) is 17.3 Å². The van der Waals surface area contributed by atoms with Gasteiger partial charge in [-0.2, -0.15) is 5.10 Å². The number of benzene rings is 1. The highest BCUT2D eigenvalue weighted by molar-refractivity contribution is 9.10. The fourth-order valence-electron chi connectivity index (χ4n) is 1.88. The molecule has 4 nitrogen and oxygen atoms in total. The lowest BCUT2D eigenvalue weighted by Crippen LogP contribution is -2.04. The van der Waals surface area contributed by atoms with Crippen LogP contribution >= 0.6 is 31.9 Å². The van der Waals surface area contributed by atoms with Crippen molar-refractivity contribution in [3.63, 3.8) is 0 Å². The van der Waals surface area contributed by atoms with Crippen LogP contribution in [0.4, 0.5) is 0 Å². The maximum atomic E-state index is 5.87. The molecule has 0 saturated carbocycles. The Morgan fingerprint density at radius 1 is 1.33 bits per heavy atom. The Hall–Kier alpha value is -1.01. The summed E-state index contributed by atoms with van der Waals surface area (Å²) in [6.07, 6.45) is 1.96. The van der Waals surface area contributed by atoms with Crippen molar-refractivity contribution in [3.05, 3.63) is 40.1 Å². The molecule has 2 aromatic rings. The van der Waals surface area contributed by atoms with Crippen molar-refractivity contribution in [1.29, 1.82) is 0 Å². The molecule has 0 aliphatic rings. The Balaban J connectivity index is 2.15. The molecule has 1 aromatic carbocycles. The molecule has 1 heterocycles. The van der Waals surface area contributed by atoms with E-state index in [1.54, 1.807) is 7.11 Å². The van der Waals surface area contributed by atoms with Crippen LogP contribution in [0, 0.1) is 0 Å². The minimum Gasteiger partial charge on any atom is -0.493 e. The van der Waals surface area contributed by atoms with Gasteiger partial charge in [0.2, 0.25) is 0 Å². The molecule has 0 atom stereocenters. The van der Waals surface area contributed by atoms with E-state index < -0.39 is 0 Å². The first-order valence-electron chi connectivity index (χ1n) is 6.64. The molecule has 2 rings (SSSR count). The van der Waals surface area contributed by atoms with Gasteiger partial charge in [-0.15, -0.1) is 0 Å². The summed E-state index contributed by atoms with van der Waals surface area (Å²) in [4.78, 5) is 0. The highest BCUT2D eigenvalue weighted by atomic mass is 79.9. The zero-order valence-corrected chi connectivity index (χ0v) is 15.4. The van der Waals surface area contributed by atoms with E-state index in [1.165, 1.54) is 0 Å². The third kappa shape index (κ3) is 4.01. The first-order valence-corrected chi connectivity index (χ1v) is 8.55. The van der Waals surface area contributed by atoms with Gasteiger partial charge in [0.15, 0.2) is 11.5 Å². The summed E-state index contributed by atoms with van der Waals surface area (Å²) >= 11 is 6.97. The van der Waals surface area contributed by atoms with E-state index in [1.807, 2.05) is 29.1 Å². The lowest BCUT2D eigenvalue weighted by atomic mass is 10.2. The number of nitrogens with zero attached hydrogens (tertiary/aromatic N) is 2. The van der Waals surface area contributed by atoms with Gasteiger partial charge in [0, 0.05) is 17.6 Å². The van der Waals surface area contributed by atoms with Crippen LogP contribution in [-0.2, 0) is 11.9 Å². The molecule has 0 saturated heterocycles. The van der Waals surface area contributed by atoms with Gasteiger partial charge in [-0.05, 0) is 53.5 Å². The Morgan fingerprint density at radius 2 is 2.10 bits per heavy atom. The van der Waals surface area contributed by atoms with Crippen molar-refractivity contribution in [2.45, 2.75) is 31.8 Å². The summed E-state index contributed by atoms with van der Waals surface area (Å²) in [6, 6.07) is 6.28. The highest BCUT2D eigenvalue weighted by Crippen LogP contribution is 2.37. The SMILES string of the molecule is COc1cc(CBr)cc(Br)c1OCc1ccn(C(C)C)n1. The van der Waals surface area contributed by atoms with Crippen LogP contribution in [0.15, 0.2) is 28.9 Å². The maximum absolute atomic E-state index is 5.87. The van der Waals surface area contributed by atoms with Gasteiger partial charge < -0.3 is 9.47 Å². The van der Waals surface area contributed by atoms with Crippen molar-refractivity contribution in [1.82, 2.24) is 9.78 Å². The molecular formula is C15H18Br2N2O2. The minimum absolute atomic E-state index is 0.346. The largest absolute Gasteiger partial charge is 0.493 e. The lowest BCUT2D eigenvalue weighted by Gasteiger charge is -2.13. The number of rotatable bonds is 6. The number of aromatic nitrogens is 2. The average molecular weight is 418 g/mol. The van der Waals surface area contributed by atoms with E-state index in [9.17, 15) is 0 Å². The molecule has 21 heavy (non-hydrogen) atoms. The molecule has 0 aliphatic carbocycles. The monoisotopic (exact) mass is 416 g/mol. The molecule has 1 aromatic heterocycles. The Kier molecular flexibility index (Phi) is 5.70. The van der Waals surface area contributed by atoms with E-state index in [-0.39, 0.29) is 0 Å². The molecule has 0 radical (unpaired) electrons. The summed E-state index contributed by atoms with van der Waals surface area (Å²) in [5.41, 5.74) is 2.01. The zero-order chi connectivity index (χ0) is 15.4. The van der Waals surface area contributed by atoms with Crippen LogP contribution in [0.1, 0.15) is 31.1 Å². The number of methoxy groups -OCH3 is 1. The molecule has 0 aliphatic heterocycles. The summed E-state index contributed by atoms with van der Waals surface area (Å²) in [7, 11) is 1.64. The third-order valence-electron chi connectivity index (χ3n) is 3.00. The van der Waals surface area contributed by atoms with Crippen LogP contribution in [0.2, 0.25) is 0 Å². The summed E-state index contributed by atoms with van der Waals surface area (Å²) in [5, 5.41) is 5.24. The molecule has 0 fully saturated rings. The quantitative estimate of drug-likeness (QED) is 0.638. The number of hydrogen-bond donors (Lipinski definition) is 0. The number of alkyl halides is 1. The van der Waals surface area contributed by atoms with Gasteiger partial charge in [-0.25, -0.2) is 0 Å². The molecular weight excluding hydrogens is 400 g/mol. The van der Waals surface area contributed by atoms with Gasteiger partial charge in [0.1, 0.15) is 6.61 Å². The average Bonchev–Trinajstić information content (AvgIpc) is 2.94. The molecule has 0 spiro atoms. The predicted octanol–water partition coefficient (Wildman–Crippen LogP) is 4.71. The van der Waals surface area contributed by atoms with Gasteiger partial charge in [-0.1, -0.05) is 15.9 Å². The van der Waals surface area contributed by atoms with E-state index in [0.717, 1.165) is 21.1 Å². The van der Waals surface area contributed by atoms with Crippen LogP contribution in [0.5, 0.6) is 11.5 Å². The molecule has 6 heteroatoms. The van der Waals surface area contributed by atoms with Crippen LogP contribution in [0.25, 0.3) is 0 Å². The summed E-state index contributed by atoms with van der Waals surface area (Å²) < 4.78 is 14.1. The number of ether oxygens (including phenoxy) is 2. The van der Waals surface area contributed by atoms with Crippen molar-refractivity contribution in [2.24, 2.45) is 0 Å². The van der Waals surface area contributed by atoms with Crippen molar-refractivity contribution >= 4 is 31.9 Å². The van der Waals surface area contributed by atoms with E-state index in [2.05, 4.69) is 50.8 Å². The molecule has 0 bridgehead atoms. The van der Waals surface area contributed by atoms with Crippen molar-refractivity contribution < 1.29 is 9.47 Å². The first-order chi connectivity index (χ1) is 10.0. The first kappa shape index (κ1) is 16.4.